The summed E-state index contributed by atoms with van der Waals surface area (Å²) in [4.78, 5) is 5.27. The van der Waals surface area contributed by atoms with Gasteiger partial charge in [-0.1, -0.05) is 12.1 Å². The summed E-state index contributed by atoms with van der Waals surface area (Å²) in [5, 5.41) is 17.9. The highest BCUT2D eigenvalue weighted by Crippen LogP contribution is 2.35. The summed E-state index contributed by atoms with van der Waals surface area (Å²) >= 11 is 0. The quantitative estimate of drug-likeness (QED) is 0.378. The van der Waals surface area contributed by atoms with Crippen LogP contribution in [0.15, 0.2) is 61.1 Å². The highest BCUT2D eigenvalue weighted by molar-refractivity contribution is 5.72. The smallest absolute Gasteiger partial charge is 0.185 e. The van der Waals surface area contributed by atoms with Gasteiger partial charge in [-0.15, -0.1) is 10.2 Å². The molecule has 0 amide bonds. The molecule has 7 heteroatoms. The van der Waals surface area contributed by atoms with Crippen molar-refractivity contribution in [3.63, 3.8) is 0 Å². The van der Waals surface area contributed by atoms with E-state index in [1.54, 1.807) is 0 Å². The standard InChI is InChI=1S/C29H29N7/c30-17-21-3-5-22(6-4-21)23-16-28-29-32-31-20-36(29)27-8-7-26(15-24(27)19-35(28)18-23)34-13-9-25(10-14-34)33-11-1-2-12-33/h3-8,15-16,18,20,25H,1-2,9-14,19H2. The van der Waals surface area contributed by atoms with Gasteiger partial charge in [-0.25, -0.2) is 0 Å². The zero-order valence-electron chi connectivity index (χ0n) is 20.3. The first-order valence-corrected chi connectivity index (χ1v) is 13.0. The molecule has 0 spiro atoms. The molecule has 2 aromatic heterocycles. The lowest BCUT2D eigenvalue weighted by Gasteiger charge is -2.38. The van der Waals surface area contributed by atoms with Gasteiger partial charge in [-0.2, -0.15) is 5.26 Å². The number of rotatable bonds is 3. The monoisotopic (exact) mass is 475 g/mol. The van der Waals surface area contributed by atoms with Gasteiger partial charge in [0.15, 0.2) is 5.82 Å². The van der Waals surface area contributed by atoms with Crippen molar-refractivity contribution in [3.8, 4) is 34.4 Å². The first-order valence-electron chi connectivity index (χ1n) is 13.0. The molecule has 0 unspecified atom stereocenters. The Bertz CT molecular complexity index is 1440. The summed E-state index contributed by atoms with van der Waals surface area (Å²) in [5.74, 6) is 0.854. The Labute approximate surface area is 211 Å². The highest BCUT2D eigenvalue weighted by atomic mass is 15.3. The van der Waals surface area contributed by atoms with Crippen molar-refractivity contribution in [1.82, 2.24) is 24.2 Å². The third-order valence-electron chi connectivity index (χ3n) is 8.17. The minimum atomic E-state index is 0.671. The fourth-order valence-corrected chi connectivity index (χ4v) is 6.22. The first kappa shape index (κ1) is 21.4. The van der Waals surface area contributed by atoms with Gasteiger partial charge < -0.3 is 14.4 Å². The topological polar surface area (TPSA) is 65.9 Å². The van der Waals surface area contributed by atoms with Crippen LogP contribution in [0, 0.1) is 11.3 Å². The normalized spacial score (nSPS) is 17.8. The van der Waals surface area contributed by atoms with Crippen LogP contribution in [0.5, 0.6) is 0 Å². The summed E-state index contributed by atoms with van der Waals surface area (Å²) in [6, 6.07) is 19.8. The number of aromatic nitrogens is 4. The Balaban J connectivity index is 1.20. The average molecular weight is 476 g/mol. The van der Waals surface area contributed by atoms with Crippen molar-refractivity contribution in [1.29, 1.82) is 5.26 Å². The van der Waals surface area contributed by atoms with Crippen molar-refractivity contribution in [2.45, 2.75) is 38.3 Å². The molecule has 2 aromatic carbocycles. The molecule has 36 heavy (non-hydrogen) atoms. The van der Waals surface area contributed by atoms with E-state index in [0.29, 0.717) is 5.56 Å². The second-order valence-corrected chi connectivity index (χ2v) is 10.2. The minimum Gasteiger partial charge on any atom is -0.371 e. The molecule has 3 aliphatic heterocycles. The molecule has 7 rings (SSSR count). The Kier molecular flexibility index (Phi) is 5.14. The van der Waals surface area contributed by atoms with Crippen LogP contribution < -0.4 is 4.90 Å². The van der Waals surface area contributed by atoms with E-state index in [4.69, 9.17) is 5.26 Å². The molecule has 0 aliphatic carbocycles. The van der Waals surface area contributed by atoms with Crippen LogP contribution in [0.2, 0.25) is 0 Å². The van der Waals surface area contributed by atoms with Gasteiger partial charge in [0.25, 0.3) is 0 Å². The maximum atomic E-state index is 9.14. The van der Waals surface area contributed by atoms with E-state index in [-0.39, 0.29) is 0 Å². The summed E-state index contributed by atoms with van der Waals surface area (Å²) in [7, 11) is 0. The van der Waals surface area contributed by atoms with Gasteiger partial charge in [0.2, 0.25) is 0 Å². The lowest BCUT2D eigenvalue weighted by molar-refractivity contribution is 0.208. The SMILES string of the molecule is N#Cc1ccc(-c2cc3n(c2)Cc2cc(N4CCC(N5CCCC5)CC4)ccc2-n2cnnc2-3)cc1. The van der Waals surface area contributed by atoms with E-state index in [1.165, 1.54) is 50.0 Å². The Morgan fingerprint density at radius 2 is 1.69 bits per heavy atom. The van der Waals surface area contributed by atoms with Crippen molar-refractivity contribution in [2.75, 3.05) is 31.1 Å². The van der Waals surface area contributed by atoms with Crippen LogP contribution in [0.1, 0.15) is 36.8 Å². The average Bonchev–Trinajstić information content (AvgIpc) is 3.69. The number of nitrogens with zero attached hydrogens (tertiary/aromatic N) is 7. The maximum Gasteiger partial charge on any atom is 0.185 e. The van der Waals surface area contributed by atoms with Crippen LogP contribution >= 0.6 is 0 Å². The van der Waals surface area contributed by atoms with Gasteiger partial charge in [-0.3, -0.25) is 4.57 Å². The van der Waals surface area contributed by atoms with Crippen molar-refractivity contribution in [2.24, 2.45) is 0 Å². The van der Waals surface area contributed by atoms with Gasteiger partial charge >= 0.3 is 0 Å². The largest absolute Gasteiger partial charge is 0.371 e. The maximum absolute atomic E-state index is 9.14. The van der Waals surface area contributed by atoms with Crippen LogP contribution in [-0.4, -0.2) is 56.5 Å². The number of fused-ring (bicyclic) bond motifs is 5. The lowest BCUT2D eigenvalue weighted by atomic mass is 10.0. The molecule has 2 saturated heterocycles. The zero-order chi connectivity index (χ0) is 24.1. The van der Waals surface area contributed by atoms with Gasteiger partial charge in [0.1, 0.15) is 6.33 Å². The van der Waals surface area contributed by atoms with Crippen LogP contribution in [-0.2, 0) is 6.54 Å². The second kappa shape index (κ2) is 8.65. The summed E-state index contributed by atoms with van der Waals surface area (Å²) in [5.41, 5.74) is 7.67. The van der Waals surface area contributed by atoms with Crippen LogP contribution in [0.4, 0.5) is 5.69 Å². The van der Waals surface area contributed by atoms with Crippen molar-refractivity contribution < 1.29 is 0 Å². The zero-order valence-corrected chi connectivity index (χ0v) is 20.3. The minimum absolute atomic E-state index is 0.671. The van der Waals surface area contributed by atoms with Crippen LogP contribution in [0.3, 0.4) is 0 Å². The molecule has 0 atom stereocenters. The number of benzene rings is 2. The second-order valence-electron chi connectivity index (χ2n) is 10.2. The van der Waals surface area contributed by atoms with E-state index in [9.17, 15) is 0 Å². The predicted octanol–water partition coefficient (Wildman–Crippen LogP) is 4.70. The number of piperidine rings is 1. The molecule has 0 bridgehead atoms. The molecule has 3 aliphatic rings. The summed E-state index contributed by atoms with van der Waals surface area (Å²) < 4.78 is 4.39. The molecular formula is C29H29N7. The molecule has 0 N–H and O–H groups in total. The number of likely N-dealkylation sites (tertiary alicyclic amines) is 1. The Morgan fingerprint density at radius 1 is 0.889 bits per heavy atom. The van der Waals surface area contributed by atoms with Gasteiger partial charge in [0.05, 0.1) is 23.0 Å². The molecule has 7 nitrogen and oxygen atoms in total. The van der Waals surface area contributed by atoms with Gasteiger partial charge in [-0.05, 0) is 86.3 Å². The molecule has 180 valence electrons. The predicted molar refractivity (Wildman–Crippen MR) is 140 cm³/mol. The molecule has 5 heterocycles. The molecule has 4 aromatic rings. The van der Waals surface area contributed by atoms with E-state index < -0.39 is 0 Å². The lowest BCUT2D eigenvalue weighted by Crippen LogP contribution is -2.43. The Hall–Kier alpha value is -3.89. The van der Waals surface area contributed by atoms with Crippen molar-refractivity contribution in [3.05, 3.63) is 72.2 Å². The third-order valence-corrected chi connectivity index (χ3v) is 8.17. The highest BCUT2D eigenvalue weighted by Gasteiger charge is 2.27. The van der Waals surface area contributed by atoms with Crippen LogP contribution in [0.25, 0.3) is 28.3 Å². The molecule has 2 fully saturated rings. The number of nitriles is 1. The number of hydrogen-bond donors (Lipinski definition) is 0. The third kappa shape index (κ3) is 3.61. The van der Waals surface area contributed by atoms with E-state index in [2.05, 4.69) is 65.7 Å². The molecular weight excluding hydrogens is 446 g/mol. The number of hydrogen-bond acceptors (Lipinski definition) is 5. The Morgan fingerprint density at radius 3 is 2.47 bits per heavy atom. The fraction of sp³-hybridized carbons (Fsp3) is 0.345. The number of anilines is 1. The molecule has 0 radical (unpaired) electrons. The van der Waals surface area contributed by atoms with Crippen molar-refractivity contribution >= 4 is 5.69 Å². The van der Waals surface area contributed by atoms with E-state index in [1.807, 2.05) is 30.6 Å². The van der Waals surface area contributed by atoms with E-state index in [0.717, 1.165) is 54.0 Å². The molecule has 0 saturated carbocycles. The summed E-state index contributed by atoms with van der Waals surface area (Å²) in [6.07, 6.45) is 9.25. The fourth-order valence-electron chi connectivity index (χ4n) is 6.22. The first-order chi connectivity index (χ1) is 17.8. The summed E-state index contributed by atoms with van der Waals surface area (Å²) in [6.45, 7) is 5.59. The van der Waals surface area contributed by atoms with E-state index >= 15 is 0 Å². The van der Waals surface area contributed by atoms with Gasteiger partial charge in [0, 0.05) is 43.1 Å².